The van der Waals surface area contributed by atoms with Gasteiger partial charge in [0.2, 0.25) is 17.2 Å². The quantitative estimate of drug-likeness (QED) is 0.0623. The summed E-state index contributed by atoms with van der Waals surface area (Å²) in [5.74, 6) is -0.170. The minimum Gasteiger partial charge on any atom is -0.403 e. The summed E-state index contributed by atoms with van der Waals surface area (Å²) >= 11 is 21.8. The van der Waals surface area contributed by atoms with Gasteiger partial charge in [-0.15, -0.1) is 34.0 Å². The number of pyridine rings is 7. The maximum Gasteiger partial charge on any atom is 0.454 e. The Balaban J connectivity index is 0.000000405. The number of ketones is 1. The highest BCUT2D eigenvalue weighted by atomic mass is 35.5. The van der Waals surface area contributed by atoms with E-state index in [1.165, 1.54) is 105 Å². The molecule has 0 amide bonds. The van der Waals surface area contributed by atoms with Gasteiger partial charge in [-0.3, -0.25) is 39.1 Å². The van der Waals surface area contributed by atoms with Crippen molar-refractivity contribution in [3.05, 3.63) is 402 Å². The predicted octanol–water partition coefficient (Wildman–Crippen LogP) is 26.1. The fourth-order valence-corrected chi connectivity index (χ4v) is 14.1. The number of aliphatic hydroxyl groups excluding tert-OH is 2. The number of aryl methyl sites for hydroxylation is 22. The first-order chi connectivity index (χ1) is 69.9. The van der Waals surface area contributed by atoms with Gasteiger partial charge in [-0.05, 0) is 363 Å². The lowest BCUT2D eigenvalue weighted by atomic mass is 9.90. The van der Waals surface area contributed by atoms with E-state index in [1.54, 1.807) is 123 Å². The van der Waals surface area contributed by atoms with E-state index in [0.717, 1.165) is 99.3 Å². The number of fused-ring (bicyclic) bond motifs is 1. The Labute approximate surface area is 902 Å². The highest BCUT2D eigenvalue weighted by Gasteiger charge is 2.48. The van der Waals surface area contributed by atoms with Gasteiger partial charge in [-0.1, -0.05) is 65.7 Å². The average Bonchev–Trinajstić information content (AvgIpc) is 1.64. The van der Waals surface area contributed by atoms with Crippen LogP contribution >= 0.6 is 68.8 Å². The lowest BCUT2D eigenvalue weighted by Crippen LogP contribution is -2.41. The molecule has 0 saturated carbocycles. The van der Waals surface area contributed by atoms with Crippen LogP contribution in [0.3, 0.4) is 0 Å². The Morgan fingerprint density at radius 1 is 0.486 bits per heavy atom. The molecule has 0 bridgehead atoms. The van der Waals surface area contributed by atoms with Crippen molar-refractivity contribution in [2.45, 2.75) is 232 Å². The number of ether oxygens (including phenoxy) is 1. The number of halogens is 5. The minimum atomic E-state index is -0.421. The van der Waals surface area contributed by atoms with Gasteiger partial charge >= 0.3 is 7.12 Å². The maximum atomic E-state index is 12.2. The molecule has 0 unspecified atom stereocenters. The number of aliphatic hydroxyl groups is 2. The number of carbonyl (C=O) groups excluding carboxylic acids is 1. The Hall–Kier alpha value is -12.3. The number of nitrogens with zero attached hydrogens (tertiary/aromatic N) is 20. The van der Waals surface area contributed by atoms with Gasteiger partial charge in [-0.2, -0.15) is 24.1 Å². The summed E-state index contributed by atoms with van der Waals surface area (Å²) in [5.41, 5.74) is 22.9. The molecular weight excluding hydrogens is 1990 g/mol. The fraction of sp³-hybridized carbons (Fsp3) is 0.357. The van der Waals surface area contributed by atoms with E-state index in [1.807, 2.05) is 225 Å². The molecule has 2 fully saturated rings. The van der Waals surface area contributed by atoms with E-state index < -0.39 is 5.95 Å². The third kappa shape index (κ3) is 55.6. The molecule has 17 aromatic rings. The topological polar surface area (TPSA) is 333 Å². The van der Waals surface area contributed by atoms with Gasteiger partial charge in [-0.25, -0.2) is 54.8 Å². The molecular formula is C112H147BCl3F2N21O6S3. The monoisotopic (exact) mass is 2130 g/mol. The average molecular weight is 2130 g/mol. The van der Waals surface area contributed by atoms with Gasteiger partial charge < -0.3 is 24.3 Å². The molecule has 0 atom stereocenters. The highest BCUT2D eigenvalue weighted by molar-refractivity contribution is 7.14. The molecule has 0 aliphatic carbocycles. The van der Waals surface area contributed by atoms with Crippen molar-refractivity contribution < 1.29 is 37.8 Å². The number of morpholine rings is 1. The van der Waals surface area contributed by atoms with Crippen LogP contribution in [0, 0.1) is 171 Å². The van der Waals surface area contributed by atoms with E-state index in [0.29, 0.717) is 27.0 Å². The molecule has 3 N–H and O–H groups in total. The van der Waals surface area contributed by atoms with Crippen LogP contribution in [0.25, 0.3) is 10.9 Å². The third-order valence-corrected chi connectivity index (χ3v) is 25.3. The van der Waals surface area contributed by atoms with Crippen LogP contribution in [0.4, 0.5) is 8.78 Å². The summed E-state index contributed by atoms with van der Waals surface area (Å²) in [6.45, 7) is 62.7. The van der Waals surface area contributed by atoms with E-state index in [2.05, 4.69) is 208 Å². The molecule has 0 spiro atoms. The van der Waals surface area contributed by atoms with Crippen LogP contribution in [-0.2, 0) is 47.9 Å². The lowest BCUT2D eigenvalue weighted by Gasteiger charge is -2.32. The molecule has 36 heteroatoms. The molecule has 2 aliphatic heterocycles. The summed E-state index contributed by atoms with van der Waals surface area (Å²) in [7, 11) is 3.83. The van der Waals surface area contributed by atoms with Crippen molar-refractivity contribution in [1.82, 2.24) is 104 Å². The Bertz CT molecular complexity index is 6060. The number of H-pyrrole nitrogens is 1. The highest BCUT2D eigenvalue weighted by Crippen LogP contribution is 2.36. The van der Waals surface area contributed by atoms with Crippen molar-refractivity contribution in [3.63, 3.8) is 0 Å². The summed E-state index contributed by atoms with van der Waals surface area (Å²) in [6, 6.07) is 38.3. The second kappa shape index (κ2) is 70.5. The van der Waals surface area contributed by atoms with Gasteiger partial charge in [0, 0.05) is 174 Å². The molecule has 148 heavy (non-hydrogen) atoms. The fourth-order valence-electron chi connectivity index (χ4n) is 11.2. The van der Waals surface area contributed by atoms with Crippen LogP contribution in [-0.4, -0.2) is 165 Å². The Morgan fingerprint density at radius 2 is 1.04 bits per heavy atom. The van der Waals surface area contributed by atoms with Crippen LogP contribution in [0.1, 0.15) is 187 Å². The molecule has 1 aromatic carbocycles. The molecule has 18 heterocycles. The standard InChI is InChI=1S/C10H15NOS.C8H8N2.C7H15BO2.C7H8ClN.C7H12N2.C7H9NO.2C7H9N.C7H8OS.C6H6ClN.2C6H6FN.C6H8N2O.C6H9NS.C5H5ClN2.C5H6N2.C5H8N2/c1-9-2-3-10(13-9)8-11-4-6-12-7-5-11;1-6-2-3-7-5-9-10-8(7)4-6;1-6(2)7(3,4)10-8(5)9-6;1-5-3-4-9-7(8)6(5)2;1-5-6(2)8-9(4)7(5)3;1-6-2-3-7(5-9)8-4-6;1-6-3-4-8-5-7(6)2;1-6-3-4-7(2)8-5-6;1-5-3-4-7(9-5)6(2)8;2*1-5-2-3-6(7)8-4-5;1-5-3-2-4-8-6(5)7;1-5-2-7-6(4-9)8-3-5;1-4-5(2)8-6(3)7-4;1-4-2-7-5(6)8-3-4;1-5-2-6-4-7-3-5;1-5-3-4-6-7(5)2/h2-3H,4-8H2,1H3;2-5H,1H3,(H,9,10);1-5H3;3-4H,1-2H3;1-4H3;2-4,9H,5H2,1H3;2*3-5H,1-2H3;3-4H,1-2H3;3*2-4H,1H3;2-3,9H,4H2,1H3;1-3H3;2-3H,1H3;2-4H,1H3;3-4H,1-2H3. The maximum absolute atomic E-state index is 12.2. The number of rotatable bonds is 5. The summed E-state index contributed by atoms with van der Waals surface area (Å²) < 4.78 is 44.3. The van der Waals surface area contributed by atoms with E-state index in [-0.39, 0.29) is 43.3 Å². The molecule has 2 saturated heterocycles. The van der Waals surface area contributed by atoms with Gasteiger partial charge in [0.15, 0.2) is 11.6 Å². The number of carbonyl (C=O) groups is 1. The number of hydrogen-bond donors (Lipinski definition) is 3. The summed E-state index contributed by atoms with van der Waals surface area (Å²) in [4.78, 5) is 72.8. The number of thiazole rings is 1. The van der Waals surface area contributed by atoms with E-state index in [9.17, 15) is 13.6 Å². The van der Waals surface area contributed by atoms with E-state index >= 15 is 0 Å². The molecule has 792 valence electrons. The van der Waals surface area contributed by atoms with Crippen molar-refractivity contribution in [1.29, 1.82) is 0 Å². The lowest BCUT2D eigenvalue weighted by molar-refractivity contribution is 0.00578. The first kappa shape index (κ1) is 130. The van der Waals surface area contributed by atoms with Gasteiger partial charge in [0.05, 0.1) is 69.7 Å². The SMILES string of the molecule is CB1OC(C)(C)C(C)(C)O1.CC(=O)c1ccc(C)s1.Cc1ccc(C)nc1.Cc1ccc(CN2CCOCC2)s1.Cc1ccc(CO)nc1.Cc1ccc(Cl)nc1.Cc1ccc(F)nc1.Cc1ccc2cn[nH]c2c1.Cc1cccnc1F.Cc1ccnc(Cl)c1C.Cc1ccncc1C.Cc1ccnn1C.Cc1cnc(CO)nc1.Cc1cnc(Cl)nc1.Cc1cncnc1.Cc1nc(C)c(C)s1.Cc1nn(C)c(C)c1C. The van der Waals surface area contributed by atoms with Crippen LogP contribution in [0.5, 0.6) is 0 Å². The zero-order valence-corrected chi connectivity index (χ0v) is 96.2. The van der Waals surface area contributed by atoms with Gasteiger partial charge in [0.1, 0.15) is 23.2 Å². The van der Waals surface area contributed by atoms with Crippen molar-refractivity contribution in [2.75, 3.05) is 26.3 Å². The van der Waals surface area contributed by atoms with Crippen molar-refractivity contribution in [3.8, 4) is 0 Å². The smallest absolute Gasteiger partial charge is 0.403 e. The number of aromatic nitrogens is 20. The first-order valence-electron chi connectivity index (χ1n) is 47.6. The van der Waals surface area contributed by atoms with Gasteiger partial charge in [0.25, 0.3) is 0 Å². The zero-order chi connectivity index (χ0) is 111. The second-order valence-corrected chi connectivity index (χ2v) is 40.4. The first-order valence-corrected chi connectivity index (χ1v) is 51.1. The Kier molecular flexibility index (Phi) is 61.9. The minimum absolute atomic E-state index is 0.0281. The summed E-state index contributed by atoms with van der Waals surface area (Å²) in [6.07, 6.45) is 29.1. The third-order valence-electron chi connectivity index (χ3n) is 21.4. The Morgan fingerprint density at radius 3 is 1.39 bits per heavy atom. The molecule has 2 aliphatic rings. The predicted molar refractivity (Wildman–Crippen MR) is 603 cm³/mol. The zero-order valence-electron chi connectivity index (χ0n) is 91.5. The molecule has 27 nitrogen and oxygen atoms in total. The molecule has 16 aromatic heterocycles. The number of thiophene rings is 2. The van der Waals surface area contributed by atoms with Crippen LogP contribution in [0.2, 0.25) is 22.4 Å². The molecule has 0 radical (unpaired) electrons. The van der Waals surface area contributed by atoms with Crippen LogP contribution < -0.4 is 0 Å². The summed E-state index contributed by atoms with van der Waals surface area (Å²) in [5, 5.41) is 35.9. The largest absolute Gasteiger partial charge is 0.454 e. The number of benzene rings is 1. The van der Waals surface area contributed by atoms with Crippen molar-refractivity contribution in [2.24, 2.45) is 14.1 Å². The number of Topliss-reactive ketones (excluding diaryl/α,β-unsaturated/α-hetero) is 1. The van der Waals surface area contributed by atoms with E-state index in [4.69, 9.17) is 59.1 Å². The van der Waals surface area contributed by atoms with Crippen molar-refractivity contribution >= 4 is 92.6 Å². The number of hydrogen-bond acceptors (Lipinski definition) is 27. The second-order valence-electron chi connectivity index (χ2n) is 35.2. The number of aromatic amines is 1. The van der Waals surface area contributed by atoms with Crippen LogP contribution in [0.15, 0.2) is 227 Å². The molecule has 19 rings (SSSR count). The normalized spacial score (nSPS) is 11.7. The number of nitrogens with one attached hydrogen (secondary N) is 1.